The molecule has 0 spiro atoms. The monoisotopic (exact) mass is 439 g/mol. The summed E-state index contributed by atoms with van der Waals surface area (Å²) in [5.41, 5.74) is 1.20. The van der Waals surface area contributed by atoms with E-state index in [2.05, 4.69) is 22.8 Å². The Hall–Kier alpha value is -1.96. The van der Waals surface area contributed by atoms with Crippen LogP contribution in [-0.4, -0.2) is 60.2 Å². The molecule has 1 aromatic rings. The zero-order valence-electron chi connectivity index (χ0n) is 18.8. The number of hydrogen-bond acceptors (Lipinski definition) is 5. The van der Waals surface area contributed by atoms with Crippen molar-refractivity contribution in [1.29, 1.82) is 0 Å². The van der Waals surface area contributed by atoms with Gasteiger partial charge in [0.25, 0.3) is 0 Å². The minimum atomic E-state index is -2.94. The molecule has 8 heteroatoms. The average Bonchev–Trinajstić information content (AvgIpc) is 2.74. The summed E-state index contributed by atoms with van der Waals surface area (Å²) < 4.78 is 33.6. The first-order valence-electron chi connectivity index (χ1n) is 10.8. The van der Waals surface area contributed by atoms with Gasteiger partial charge in [-0.1, -0.05) is 25.3 Å². The van der Waals surface area contributed by atoms with E-state index in [0.29, 0.717) is 19.5 Å². The van der Waals surface area contributed by atoms with Gasteiger partial charge in [-0.05, 0) is 43.9 Å². The van der Waals surface area contributed by atoms with Crippen LogP contribution in [0.4, 0.5) is 0 Å². The number of guanidine groups is 1. The third-order valence-corrected chi connectivity index (χ3v) is 6.71. The molecule has 0 aromatic heterocycles. The summed E-state index contributed by atoms with van der Waals surface area (Å²) in [7, 11) is 0.368. The van der Waals surface area contributed by atoms with E-state index in [4.69, 9.17) is 14.5 Å². The molecule has 0 unspecified atom stereocenters. The Morgan fingerprint density at radius 3 is 2.40 bits per heavy atom. The fourth-order valence-electron chi connectivity index (χ4n) is 4.05. The highest BCUT2D eigenvalue weighted by atomic mass is 32.2. The minimum absolute atomic E-state index is 0.0348. The van der Waals surface area contributed by atoms with Crippen molar-refractivity contribution in [2.75, 3.05) is 45.9 Å². The van der Waals surface area contributed by atoms with Crippen molar-refractivity contribution in [3.8, 4) is 11.5 Å². The SMILES string of the molecule is CCNC(=NCC1(c2ccc(OC)c(OC)c2)CCCCC1)NCCCS(C)(=O)=O. The second-order valence-electron chi connectivity index (χ2n) is 8.02. The predicted octanol–water partition coefficient (Wildman–Crippen LogP) is 2.90. The lowest BCUT2D eigenvalue weighted by Crippen LogP contribution is -2.40. The van der Waals surface area contributed by atoms with Gasteiger partial charge in [0, 0.05) is 24.8 Å². The number of nitrogens with zero attached hydrogens (tertiary/aromatic N) is 1. The minimum Gasteiger partial charge on any atom is -0.493 e. The van der Waals surface area contributed by atoms with Crippen LogP contribution in [0.15, 0.2) is 23.2 Å². The lowest BCUT2D eigenvalue weighted by atomic mass is 9.69. The van der Waals surface area contributed by atoms with Gasteiger partial charge in [-0.25, -0.2) is 8.42 Å². The third-order valence-electron chi connectivity index (χ3n) is 5.67. The Labute approximate surface area is 181 Å². The van der Waals surface area contributed by atoms with Crippen LogP contribution in [0.25, 0.3) is 0 Å². The van der Waals surface area contributed by atoms with Crippen molar-refractivity contribution in [3.63, 3.8) is 0 Å². The highest BCUT2D eigenvalue weighted by Crippen LogP contribution is 2.42. The van der Waals surface area contributed by atoms with E-state index in [-0.39, 0.29) is 11.2 Å². The third kappa shape index (κ3) is 7.07. The summed E-state index contributed by atoms with van der Waals surface area (Å²) >= 11 is 0. The van der Waals surface area contributed by atoms with Crippen molar-refractivity contribution >= 4 is 15.8 Å². The largest absolute Gasteiger partial charge is 0.493 e. The summed E-state index contributed by atoms with van der Waals surface area (Å²) in [6, 6.07) is 6.20. The molecule has 0 saturated heterocycles. The Morgan fingerprint density at radius 1 is 1.10 bits per heavy atom. The van der Waals surface area contributed by atoms with Gasteiger partial charge in [0.05, 0.1) is 26.5 Å². The molecule has 0 bridgehead atoms. The number of sulfone groups is 1. The second-order valence-corrected chi connectivity index (χ2v) is 10.3. The van der Waals surface area contributed by atoms with Crippen LogP contribution < -0.4 is 20.1 Å². The quantitative estimate of drug-likeness (QED) is 0.331. The van der Waals surface area contributed by atoms with Crippen LogP contribution in [0.1, 0.15) is 51.0 Å². The van der Waals surface area contributed by atoms with Gasteiger partial charge in [-0.3, -0.25) is 4.99 Å². The number of aliphatic imine (C=N–C) groups is 1. The summed E-state index contributed by atoms with van der Waals surface area (Å²) in [4.78, 5) is 4.89. The Bertz CT molecular complexity index is 803. The molecule has 0 amide bonds. The molecule has 1 fully saturated rings. The molecule has 2 rings (SSSR count). The Morgan fingerprint density at radius 2 is 1.80 bits per heavy atom. The lowest BCUT2D eigenvalue weighted by Gasteiger charge is -2.37. The van der Waals surface area contributed by atoms with Gasteiger partial charge in [-0.2, -0.15) is 0 Å². The van der Waals surface area contributed by atoms with E-state index in [0.717, 1.165) is 36.8 Å². The summed E-state index contributed by atoms with van der Waals surface area (Å²) in [5, 5.41) is 6.55. The van der Waals surface area contributed by atoms with Gasteiger partial charge in [0.2, 0.25) is 0 Å². The highest BCUT2D eigenvalue weighted by molar-refractivity contribution is 7.90. The molecule has 0 atom stereocenters. The van der Waals surface area contributed by atoms with E-state index in [9.17, 15) is 8.42 Å². The van der Waals surface area contributed by atoms with Crippen LogP contribution in [0.2, 0.25) is 0 Å². The van der Waals surface area contributed by atoms with Crippen molar-refractivity contribution in [2.45, 2.75) is 50.9 Å². The van der Waals surface area contributed by atoms with E-state index >= 15 is 0 Å². The molecule has 170 valence electrons. The van der Waals surface area contributed by atoms with Crippen molar-refractivity contribution < 1.29 is 17.9 Å². The maximum absolute atomic E-state index is 11.3. The normalized spacial score (nSPS) is 16.7. The van der Waals surface area contributed by atoms with Gasteiger partial charge < -0.3 is 20.1 Å². The van der Waals surface area contributed by atoms with Crippen LogP contribution >= 0.6 is 0 Å². The van der Waals surface area contributed by atoms with Gasteiger partial charge in [0.1, 0.15) is 9.84 Å². The lowest BCUT2D eigenvalue weighted by molar-refractivity contribution is 0.298. The molecular formula is C22H37N3O4S. The maximum Gasteiger partial charge on any atom is 0.191 e. The predicted molar refractivity (Wildman–Crippen MR) is 123 cm³/mol. The molecule has 1 aliphatic rings. The van der Waals surface area contributed by atoms with Crippen LogP contribution in [0.3, 0.4) is 0 Å². The standard InChI is InChI=1S/C22H37N3O4S/c1-5-23-21(24-14-9-15-30(4,26)27)25-17-22(12-7-6-8-13-22)18-10-11-19(28-2)20(16-18)29-3/h10-11,16H,5-9,12-15,17H2,1-4H3,(H2,23,24,25). The van der Waals surface area contributed by atoms with Gasteiger partial charge in [-0.15, -0.1) is 0 Å². The number of nitrogens with one attached hydrogen (secondary N) is 2. The van der Waals surface area contributed by atoms with E-state index in [1.165, 1.54) is 31.1 Å². The number of rotatable bonds is 10. The molecule has 7 nitrogen and oxygen atoms in total. The number of methoxy groups -OCH3 is 2. The van der Waals surface area contributed by atoms with Crippen LogP contribution in [0, 0.1) is 0 Å². The topological polar surface area (TPSA) is 89.0 Å². The second kappa shape index (κ2) is 11.4. The summed E-state index contributed by atoms with van der Waals surface area (Å²) in [6.45, 7) is 4.02. The van der Waals surface area contributed by atoms with Crippen molar-refractivity contribution in [2.24, 2.45) is 4.99 Å². The van der Waals surface area contributed by atoms with E-state index in [1.54, 1.807) is 14.2 Å². The van der Waals surface area contributed by atoms with Gasteiger partial charge in [0.15, 0.2) is 17.5 Å². The van der Waals surface area contributed by atoms with Crippen LogP contribution in [-0.2, 0) is 15.3 Å². The number of ether oxygens (including phenoxy) is 2. The Kier molecular flexibility index (Phi) is 9.27. The highest BCUT2D eigenvalue weighted by Gasteiger charge is 2.34. The van der Waals surface area contributed by atoms with E-state index in [1.807, 2.05) is 13.0 Å². The van der Waals surface area contributed by atoms with Crippen molar-refractivity contribution in [1.82, 2.24) is 10.6 Å². The smallest absolute Gasteiger partial charge is 0.191 e. The van der Waals surface area contributed by atoms with Gasteiger partial charge >= 0.3 is 0 Å². The molecule has 0 heterocycles. The fraction of sp³-hybridized carbons (Fsp3) is 0.682. The summed E-state index contributed by atoms with van der Waals surface area (Å²) in [5.74, 6) is 2.39. The maximum atomic E-state index is 11.3. The average molecular weight is 440 g/mol. The molecule has 0 radical (unpaired) electrons. The zero-order valence-corrected chi connectivity index (χ0v) is 19.6. The number of hydrogen-bond donors (Lipinski definition) is 2. The summed E-state index contributed by atoms with van der Waals surface area (Å²) in [6.07, 6.45) is 7.61. The first-order chi connectivity index (χ1) is 14.3. The van der Waals surface area contributed by atoms with E-state index < -0.39 is 9.84 Å². The van der Waals surface area contributed by atoms with Crippen LogP contribution in [0.5, 0.6) is 11.5 Å². The molecule has 1 aromatic carbocycles. The number of benzene rings is 1. The first kappa shape index (κ1) is 24.3. The first-order valence-corrected chi connectivity index (χ1v) is 12.8. The van der Waals surface area contributed by atoms with Crippen molar-refractivity contribution in [3.05, 3.63) is 23.8 Å². The Balaban J connectivity index is 2.19. The molecule has 1 saturated carbocycles. The molecule has 2 N–H and O–H groups in total. The molecule has 30 heavy (non-hydrogen) atoms. The zero-order chi connectivity index (χ0) is 22.0. The molecule has 0 aliphatic heterocycles. The molecule has 1 aliphatic carbocycles. The molecular weight excluding hydrogens is 402 g/mol. The fourth-order valence-corrected chi connectivity index (χ4v) is 4.71.